The van der Waals surface area contributed by atoms with Gasteiger partial charge in [-0.25, -0.2) is 0 Å². The summed E-state index contributed by atoms with van der Waals surface area (Å²) in [6.45, 7) is 2.05. The van der Waals surface area contributed by atoms with Crippen LogP contribution in [0.1, 0.15) is 11.5 Å². The van der Waals surface area contributed by atoms with E-state index in [0.717, 1.165) is 10.0 Å². The van der Waals surface area contributed by atoms with Crippen molar-refractivity contribution < 1.29 is 4.42 Å². The van der Waals surface area contributed by atoms with Gasteiger partial charge in [0.05, 0.1) is 5.75 Å². The number of benzene rings is 2. The molecule has 0 unspecified atom stereocenters. The zero-order valence-electron chi connectivity index (χ0n) is 11.4. The third kappa shape index (κ3) is 3.74. The Bertz CT molecular complexity index is 723. The van der Waals surface area contributed by atoms with Crippen molar-refractivity contribution in [2.75, 3.05) is 0 Å². The van der Waals surface area contributed by atoms with Crippen LogP contribution < -0.4 is 0 Å². The minimum absolute atomic E-state index is 0.571. The fourth-order valence-electron chi connectivity index (χ4n) is 1.80. The van der Waals surface area contributed by atoms with E-state index in [0.29, 0.717) is 17.5 Å². The predicted octanol–water partition coefficient (Wildman–Crippen LogP) is 5.10. The number of aryl methyl sites for hydroxylation is 1. The average Bonchev–Trinajstić information content (AvgIpc) is 2.96. The molecule has 0 saturated carbocycles. The maximum Gasteiger partial charge on any atom is 0.247 e. The lowest BCUT2D eigenvalue weighted by atomic mass is 10.1. The van der Waals surface area contributed by atoms with Crippen LogP contribution in [0.25, 0.3) is 11.5 Å². The molecule has 0 radical (unpaired) electrons. The van der Waals surface area contributed by atoms with E-state index >= 15 is 0 Å². The summed E-state index contributed by atoms with van der Waals surface area (Å²) in [5.74, 6) is 1.88. The molecule has 0 spiro atoms. The smallest absolute Gasteiger partial charge is 0.247 e. The largest absolute Gasteiger partial charge is 0.420 e. The van der Waals surface area contributed by atoms with Crippen LogP contribution in [0.4, 0.5) is 0 Å². The zero-order valence-corrected chi connectivity index (χ0v) is 13.8. The molecule has 0 bridgehead atoms. The topological polar surface area (TPSA) is 38.9 Å². The van der Waals surface area contributed by atoms with Gasteiger partial charge in [0.25, 0.3) is 0 Å². The average molecular weight is 361 g/mol. The van der Waals surface area contributed by atoms with Crippen molar-refractivity contribution in [1.82, 2.24) is 10.2 Å². The second kappa shape index (κ2) is 6.45. The first-order chi connectivity index (χ1) is 10.2. The number of aromatic nitrogens is 2. The highest BCUT2D eigenvalue weighted by molar-refractivity contribution is 9.10. The summed E-state index contributed by atoms with van der Waals surface area (Å²) in [6.07, 6.45) is 0. The minimum atomic E-state index is 0.571. The lowest BCUT2D eigenvalue weighted by molar-refractivity contribution is 0.528. The molecule has 2 aromatic carbocycles. The number of hydrogen-bond acceptors (Lipinski definition) is 4. The van der Waals surface area contributed by atoms with Gasteiger partial charge in [0.2, 0.25) is 11.8 Å². The van der Waals surface area contributed by atoms with Crippen LogP contribution in [0.15, 0.2) is 62.3 Å². The Morgan fingerprint density at radius 3 is 2.43 bits per heavy atom. The second-order valence-electron chi connectivity index (χ2n) is 4.61. The van der Waals surface area contributed by atoms with Crippen molar-refractivity contribution in [3.8, 4) is 11.5 Å². The summed E-state index contributed by atoms with van der Waals surface area (Å²) in [6, 6.07) is 16.2. The van der Waals surface area contributed by atoms with Gasteiger partial charge < -0.3 is 4.42 Å². The first-order valence-corrected chi connectivity index (χ1v) is 8.26. The van der Waals surface area contributed by atoms with E-state index in [1.54, 1.807) is 11.8 Å². The molecule has 0 saturated heterocycles. The molecule has 0 aliphatic heterocycles. The lowest BCUT2D eigenvalue weighted by Crippen LogP contribution is -1.80. The fraction of sp³-hybridized carbons (Fsp3) is 0.125. The molecule has 3 aromatic rings. The highest BCUT2D eigenvalue weighted by Crippen LogP contribution is 2.25. The highest BCUT2D eigenvalue weighted by atomic mass is 79.9. The van der Waals surface area contributed by atoms with Gasteiger partial charge in [-0.1, -0.05) is 33.6 Å². The van der Waals surface area contributed by atoms with Gasteiger partial charge in [-0.3, -0.25) is 0 Å². The van der Waals surface area contributed by atoms with Crippen LogP contribution in [-0.2, 0) is 5.75 Å². The van der Waals surface area contributed by atoms with Gasteiger partial charge in [-0.05, 0) is 43.3 Å². The Morgan fingerprint density at radius 2 is 1.71 bits per heavy atom. The number of thioether (sulfide) groups is 1. The quantitative estimate of drug-likeness (QED) is 0.606. The standard InChI is InChI=1S/C16H13BrN2OS/c1-11-2-4-12(5-3-11)16-19-18-15(20-16)10-21-14-8-6-13(17)7-9-14/h2-9H,10H2,1H3. The molecular formula is C16H13BrN2OS. The second-order valence-corrected chi connectivity index (χ2v) is 6.57. The van der Waals surface area contributed by atoms with Gasteiger partial charge in [0, 0.05) is 14.9 Å². The number of nitrogens with zero attached hydrogens (tertiary/aromatic N) is 2. The molecular weight excluding hydrogens is 348 g/mol. The van der Waals surface area contributed by atoms with Crippen LogP contribution in [0.3, 0.4) is 0 Å². The van der Waals surface area contributed by atoms with E-state index in [4.69, 9.17) is 4.42 Å². The van der Waals surface area contributed by atoms with Crippen molar-refractivity contribution in [1.29, 1.82) is 0 Å². The van der Waals surface area contributed by atoms with Gasteiger partial charge in [0.1, 0.15) is 0 Å². The molecule has 1 heterocycles. The molecule has 0 fully saturated rings. The molecule has 3 rings (SSSR count). The molecule has 0 atom stereocenters. The molecule has 3 nitrogen and oxygen atoms in total. The Morgan fingerprint density at radius 1 is 1.00 bits per heavy atom. The third-order valence-electron chi connectivity index (χ3n) is 2.94. The number of rotatable bonds is 4. The van der Waals surface area contributed by atoms with E-state index in [-0.39, 0.29) is 0 Å². The lowest BCUT2D eigenvalue weighted by Gasteiger charge is -1.98. The first kappa shape index (κ1) is 14.4. The van der Waals surface area contributed by atoms with Crippen molar-refractivity contribution in [3.63, 3.8) is 0 Å². The highest BCUT2D eigenvalue weighted by Gasteiger charge is 2.08. The summed E-state index contributed by atoms with van der Waals surface area (Å²) in [5.41, 5.74) is 2.16. The minimum Gasteiger partial charge on any atom is -0.420 e. The van der Waals surface area contributed by atoms with Crippen LogP contribution in [0.5, 0.6) is 0 Å². The Labute approximate surface area is 135 Å². The number of halogens is 1. The van der Waals surface area contributed by atoms with E-state index in [1.165, 1.54) is 10.5 Å². The SMILES string of the molecule is Cc1ccc(-c2nnc(CSc3ccc(Br)cc3)o2)cc1. The van der Waals surface area contributed by atoms with Crippen molar-refractivity contribution in [2.45, 2.75) is 17.6 Å². The molecule has 0 aliphatic carbocycles. The summed E-state index contributed by atoms with van der Waals surface area (Å²) in [4.78, 5) is 1.17. The molecule has 5 heteroatoms. The summed E-state index contributed by atoms with van der Waals surface area (Å²) >= 11 is 5.10. The monoisotopic (exact) mass is 360 g/mol. The Balaban J connectivity index is 1.67. The van der Waals surface area contributed by atoms with Crippen LogP contribution in [0, 0.1) is 6.92 Å². The molecule has 21 heavy (non-hydrogen) atoms. The Hall–Kier alpha value is -1.59. The molecule has 106 valence electrons. The maximum atomic E-state index is 5.70. The molecule has 0 aliphatic rings. The summed E-state index contributed by atoms with van der Waals surface area (Å²) < 4.78 is 6.78. The maximum absolute atomic E-state index is 5.70. The first-order valence-electron chi connectivity index (χ1n) is 6.48. The molecule has 1 aromatic heterocycles. The molecule has 0 amide bonds. The fourth-order valence-corrected chi connectivity index (χ4v) is 2.80. The van der Waals surface area contributed by atoms with Crippen LogP contribution in [0.2, 0.25) is 0 Å². The number of hydrogen-bond donors (Lipinski definition) is 0. The van der Waals surface area contributed by atoms with E-state index in [9.17, 15) is 0 Å². The van der Waals surface area contributed by atoms with Gasteiger partial charge in [-0.2, -0.15) is 0 Å². The summed E-state index contributed by atoms with van der Waals surface area (Å²) in [5, 5.41) is 8.21. The zero-order chi connectivity index (χ0) is 14.7. The van der Waals surface area contributed by atoms with E-state index < -0.39 is 0 Å². The van der Waals surface area contributed by atoms with Crippen molar-refractivity contribution in [3.05, 3.63) is 64.5 Å². The third-order valence-corrected chi connectivity index (χ3v) is 4.47. The van der Waals surface area contributed by atoms with Gasteiger partial charge in [-0.15, -0.1) is 22.0 Å². The van der Waals surface area contributed by atoms with Crippen LogP contribution in [-0.4, -0.2) is 10.2 Å². The summed E-state index contributed by atoms with van der Waals surface area (Å²) in [7, 11) is 0. The Kier molecular flexibility index (Phi) is 4.41. The molecule has 0 N–H and O–H groups in total. The van der Waals surface area contributed by atoms with Gasteiger partial charge >= 0.3 is 0 Å². The van der Waals surface area contributed by atoms with Crippen molar-refractivity contribution in [2.24, 2.45) is 0 Å². The van der Waals surface area contributed by atoms with E-state index in [2.05, 4.69) is 45.2 Å². The van der Waals surface area contributed by atoms with Crippen LogP contribution >= 0.6 is 27.7 Å². The van der Waals surface area contributed by atoms with Gasteiger partial charge in [0.15, 0.2) is 0 Å². The van der Waals surface area contributed by atoms with E-state index in [1.807, 2.05) is 36.4 Å². The normalized spacial score (nSPS) is 10.8. The predicted molar refractivity (Wildman–Crippen MR) is 88.2 cm³/mol. The van der Waals surface area contributed by atoms with Crippen molar-refractivity contribution >= 4 is 27.7 Å².